The Morgan fingerprint density at radius 3 is 2.15 bits per heavy atom. The van der Waals surface area contributed by atoms with E-state index in [-0.39, 0.29) is 0 Å². The number of nitrogens with one attached hydrogen (secondary N) is 1. The van der Waals surface area contributed by atoms with Gasteiger partial charge in [0, 0.05) is 13.1 Å². The van der Waals surface area contributed by atoms with Gasteiger partial charge in [-0.05, 0) is 12.0 Å². The van der Waals surface area contributed by atoms with Crippen LogP contribution in [0.15, 0.2) is 30.3 Å². The van der Waals surface area contributed by atoms with E-state index in [1.165, 1.54) is 4.31 Å². The summed E-state index contributed by atoms with van der Waals surface area (Å²) in [5.41, 5.74) is 0.822. The minimum atomic E-state index is -3.75. The Balaban J connectivity index is 2.89. The number of carbonyl (C=O) groups excluding carboxylic acids is 1. The Bertz CT molecular complexity index is 525. The molecule has 0 aliphatic heterocycles. The second-order valence-electron chi connectivity index (χ2n) is 4.43. The third-order valence-corrected chi connectivity index (χ3v) is 4.86. The van der Waals surface area contributed by atoms with E-state index in [9.17, 15) is 13.2 Å². The molecule has 0 saturated heterocycles. The van der Waals surface area contributed by atoms with E-state index >= 15 is 0 Å². The largest absolute Gasteiger partial charge is 0.303 e. The fourth-order valence-corrected chi connectivity index (χ4v) is 3.29. The van der Waals surface area contributed by atoms with Crippen LogP contribution in [0.4, 0.5) is 0 Å². The van der Waals surface area contributed by atoms with E-state index < -0.39 is 22.0 Å². The lowest BCUT2D eigenvalue weighted by Crippen LogP contribution is -2.44. The summed E-state index contributed by atoms with van der Waals surface area (Å²) in [5, 5.41) is 0. The average molecular weight is 298 g/mol. The first-order valence-corrected chi connectivity index (χ1v) is 8.26. The topological polar surface area (TPSA) is 66.5 Å². The summed E-state index contributed by atoms with van der Waals surface area (Å²) < 4.78 is 27.5. The van der Waals surface area contributed by atoms with Crippen molar-refractivity contribution in [1.82, 2.24) is 9.03 Å². The van der Waals surface area contributed by atoms with E-state index in [0.717, 1.165) is 5.56 Å². The van der Waals surface area contributed by atoms with Gasteiger partial charge in [-0.2, -0.15) is 12.7 Å². The number of rotatable bonds is 7. The minimum Gasteiger partial charge on any atom is -0.273 e. The molecule has 1 unspecified atom stereocenters. The van der Waals surface area contributed by atoms with Gasteiger partial charge in [0.2, 0.25) is 5.91 Å². The number of nitrogens with zero attached hydrogens (tertiary/aromatic N) is 1. The first kappa shape index (κ1) is 16.7. The highest BCUT2D eigenvalue weighted by molar-refractivity contribution is 7.87. The molecule has 1 rings (SSSR count). The second kappa shape index (κ2) is 7.40. The fraction of sp³-hybridized carbons (Fsp3) is 0.500. The third kappa shape index (κ3) is 4.05. The van der Waals surface area contributed by atoms with Crippen LogP contribution in [0.5, 0.6) is 0 Å². The van der Waals surface area contributed by atoms with Crippen LogP contribution in [0.2, 0.25) is 0 Å². The molecule has 5 nitrogen and oxygen atoms in total. The molecular formula is C14H22N2O3S. The van der Waals surface area contributed by atoms with Crippen LogP contribution in [0, 0.1) is 0 Å². The molecule has 0 aromatic heterocycles. The lowest BCUT2D eigenvalue weighted by atomic mass is 9.96. The number of carbonyl (C=O) groups is 1. The molecule has 1 amide bonds. The van der Waals surface area contributed by atoms with Gasteiger partial charge < -0.3 is 0 Å². The van der Waals surface area contributed by atoms with Crippen LogP contribution in [0.3, 0.4) is 0 Å². The molecule has 20 heavy (non-hydrogen) atoms. The number of hydrogen-bond acceptors (Lipinski definition) is 3. The zero-order chi connectivity index (χ0) is 15.2. The normalized spacial score (nSPS) is 13.2. The number of hydrogen-bond donors (Lipinski definition) is 1. The minimum absolute atomic E-state index is 0.335. The van der Waals surface area contributed by atoms with Crippen molar-refractivity contribution >= 4 is 16.1 Å². The van der Waals surface area contributed by atoms with Gasteiger partial charge in [-0.15, -0.1) is 0 Å². The van der Waals surface area contributed by atoms with Gasteiger partial charge >= 0.3 is 10.2 Å². The zero-order valence-electron chi connectivity index (χ0n) is 12.2. The van der Waals surface area contributed by atoms with Crippen molar-refractivity contribution in [3.8, 4) is 0 Å². The molecule has 0 saturated carbocycles. The predicted octanol–water partition coefficient (Wildman–Crippen LogP) is 1.88. The van der Waals surface area contributed by atoms with Gasteiger partial charge in [0.25, 0.3) is 0 Å². The molecule has 1 aromatic carbocycles. The highest BCUT2D eigenvalue weighted by Gasteiger charge is 2.26. The number of amides is 1. The van der Waals surface area contributed by atoms with Crippen molar-refractivity contribution in [3.05, 3.63) is 35.9 Å². The Kier molecular flexibility index (Phi) is 6.16. The van der Waals surface area contributed by atoms with Crippen molar-refractivity contribution in [2.45, 2.75) is 33.1 Å². The smallest absolute Gasteiger partial charge is 0.273 e. The van der Waals surface area contributed by atoms with Crippen LogP contribution < -0.4 is 4.72 Å². The molecule has 6 heteroatoms. The van der Waals surface area contributed by atoms with Gasteiger partial charge in [0.05, 0.1) is 5.92 Å². The maximum atomic E-state index is 12.2. The summed E-state index contributed by atoms with van der Waals surface area (Å²) in [6.45, 7) is 6.01. The zero-order valence-corrected chi connectivity index (χ0v) is 13.0. The van der Waals surface area contributed by atoms with Crippen LogP contribution in [0.25, 0.3) is 0 Å². The molecule has 1 aromatic rings. The van der Waals surface area contributed by atoms with Gasteiger partial charge in [0.15, 0.2) is 0 Å². The van der Waals surface area contributed by atoms with Gasteiger partial charge in [-0.1, -0.05) is 51.1 Å². The second-order valence-corrected chi connectivity index (χ2v) is 6.10. The van der Waals surface area contributed by atoms with Gasteiger partial charge in [0.1, 0.15) is 0 Å². The summed E-state index contributed by atoms with van der Waals surface area (Å²) in [6.07, 6.45) is 0.545. The molecule has 0 bridgehead atoms. The molecular weight excluding hydrogens is 276 g/mol. The Morgan fingerprint density at radius 1 is 1.15 bits per heavy atom. The Hall–Kier alpha value is -1.40. The van der Waals surface area contributed by atoms with E-state index in [1.54, 1.807) is 13.8 Å². The highest BCUT2D eigenvalue weighted by Crippen LogP contribution is 2.19. The van der Waals surface area contributed by atoms with Crippen molar-refractivity contribution in [1.29, 1.82) is 0 Å². The highest BCUT2D eigenvalue weighted by atomic mass is 32.2. The predicted molar refractivity (Wildman–Crippen MR) is 79.5 cm³/mol. The lowest BCUT2D eigenvalue weighted by Gasteiger charge is -2.21. The van der Waals surface area contributed by atoms with Crippen molar-refractivity contribution in [2.24, 2.45) is 0 Å². The summed E-state index contributed by atoms with van der Waals surface area (Å²) >= 11 is 0. The van der Waals surface area contributed by atoms with Crippen LogP contribution in [0.1, 0.15) is 38.7 Å². The third-order valence-electron chi connectivity index (χ3n) is 3.20. The molecule has 112 valence electrons. The Morgan fingerprint density at radius 2 is 1.70 bits per heavy atom. The first-order valence-electron chi connectivity index (χ1n) is 6.82. The quantitative estimate of drug-likeness (QED) is 0.836. The molecule has 0 spiro atoms. The fourth-order valence-electron chi connectivity index (χ4n) is 2.08. The molecule has 0 aliphatic rings. The monoisotopic (exact) mass is 298 g/mol. The summed E-state index contributed by atoms with van der Waals surface area (Å²) in [5.74, 6) is -0.938. The van der Waals surface area contributed by atoms with Gasteiger partial charge in [-0.3, -0.25) is 4.79 Å². The SMILES string of the molecule is CCC(C(=O)NS(=O)(=O)N(CC)CC)c1ccccc1. The standard InChI is InChI=1S/C14H22N2O3S/c1-4-13(12-10-8-7-9-11-12)14(17)15-20(18,19)16(5-2)6-3/h7-11,13H,4-6H2,1-3H3,(H,15,17). The van der Waals surface area contributed by atoms with E-state index in [4.69, 9.17) is 0 Å². The van der Waals surface area contributed by atoms with Crippen LogP contribution >= 0.6 is 0 Å². The Labute approximate surface area is 121 Å². The molecule has 0 fully saturated rings. The molecule has 1 N–H and O–H groups in total. The summed E-state index contributed by atoms with van der Waals surface area (Å²) in [4.78, 5) is 12.2. The van der Waals surface area contributed by atoms with E-state index in [1.807, 2.05) is 37.3 Å². The van der Waals surface area contributed by atoms with E-state index in [0.29, 0.717) is 19.5 Å². The van der Waals surface area contributed by atoms with Crippen LogP contribution in [-0.2, 0) is 15.0 Å². The van der Waals surface area contributed by atoms with Crippen molar-refractivity contribution in [3.63, 3.8) is 0 Å². The van der Waals surface area contributed by atoms with Crippen molar-refractivity contribution in [2.75, 3.05) is 13.1 Å². The van der Waals surface area contributed by atoms with Gasteiger partial charge in [-0.25, -0.2) is 4.72 Å². The molecule has 0 radical (unpaired) electrons. The maximum absolute atomic E-state index is 12.2. The number of benzene rings is 1. The lowest BCUT2D eigenvalue weighted by molar-refractivity contribution is -0.120. The van der Waals surface area contributed by atoms with Crippen molar-refractivity contribution < 1.29 is 13.2 Å². The van der Waals surface area contributed by atoms with E-state index in [2.05, 4.69) is 4.72 Å². The molecule has 0 aliphatic carbocycles. The maximum Gasteiger partial charge on any atom is 0.303 e. The van der Waals surface area contributed by atoms with Crippen LogP contribution in [-0.4, -0.2) is 31.7 Å². The molecule has 0 heterocycles. The summed E-state index contributed by atoms with van der Waals surface area (Å²) in [7, 11) is -3.75. The average Bonchev–Trinajstić information content (AvgIpc) is 2.41. The summed E-state index contributed by atoms with van der Waals surface area (Å²) in [6, 6.07) is 9.20. The molecule has 1 atom stereocenters. The first-order chi connectivity index (χ1) is 9.46.